The first kappa shape index (κ1) is 13.4. The van der Waals surface area contributed by atoms with Gasteiger partial charge in [0.2, 0.25) is 11.8 Å². The van der Waals surface area contributed by atoms with E-state index < -0.39 is 6.04 Å². The van der Waals surface area contributed by atoms with Gasteiger partial charge in [-0.25, -0.2) is 0 Å². The van der Waals surface area contributed by atoms with E-state index in [0.29, 0.717) is 11.4 Å². The standard InChI is InChI=1S/C14H18N2O3/c1-9(2)13-14(18)16(8-12(17)15-13)10-6-4-5-7-11(10)19-3/h4-7,9,13H,8H2,1-3H3,(H,15,17). The van der Waals surface area contributed by atoms with Crippen LogP contribution in [0.3, 0.4) is 0 Å². The Bertz CT molecular complexity index is 499. The lowest BCUT2D eigenvalue weighted by molar-refractivity contribution is -0.132. The highest BCUT2D eigenvalue weighted by Crippen LogP contribution is 2.29. The molecule has 0 aromatic heterocycles. The van der Waals surface area contributed by atoms with E-state index in [2.05, 4.69) is 5.32 Å². The van der Waals surface area contributed by atoms with Gasteiger partial charge in [0, 0.05) is 0 Å². The van der Waals surface area contributed by atoms with Crippen LogP contribution in [0.5, 0.6) is 5.75 Å². The summed E-state index contributed by atoms with van der Waals surface area (Å²) in [4.78, 5) is 25.7. The highest BCUT2D eigenvalue weighted by molar-refractivity contribution is 6.07. The second-order valence-corrected chi connectivity index (χ2v) is 4.89. The predicted molar refractivity (Wildman–Crippen MR) is 72.1 cm³/mol. The Morgan fingerprint density at radius 2 is 2.00 bits per heavy atom. The van der Waals surface area contributed by atoms with Crippen molar-refractivity contribution >= 4 is 17.5 Å². The molecule has 1 N–H and O–H groups in total. The summed E-state index contributed by atoms with van der Waals surface area (Å²) in [5, 5.41) is 2.73. The fraction of sp³-hybridized carbons (Fsp3) is 0.429. The molecule has 1 atom stereocenters. The molecule has 1 heterocycles. The molecule has 5 nitrogen and oxygen atoms in total. The van der Waals surface area contributed by atoms with E-state index in [1.165, 1.54) is 4.90 Å². The fourth-order valence-corrected chi connectivity index (χ4v) is 2.18. The minimum absolute atomic E-state index is 0.0302. The number of ether oxygens (including phenoxy) is 1. The number of methoxy groups -OCH3 is 1. The average molecular weight is 262 g/mol. The van der Waals surface area contributed by atoms with Crippen LogP contribution in [0.2, 0.25) is 0 Å². The molecule has 2 amide bonds. The van der Waals surface area contributed by atoms with Crippen molar-refractivity contribution in [1.82, 2.24) is 5.32 Å². The van der Waals surface area contributed by atoms with Crippen LogP contribution in [0.25, 0.3) is 0 Å². The lowest BCUT2D eigenvalue weighted by Crippen LogP contribution is -2.60. The summed E-state index contributed by atoms with van der Waals surface area (Å²) in [6.07, 6.45) is 0. The monoisotopic (exact) mass is 262 g/mol. The van der Waals surface area contributed by atoms with E-state index in [1.807, 2.05) is 26.0 Å². The maximum atomic E-state index is 12.4. The first-order valence-electron chi connectivity index (χ1n) is 6.28. The normalized spacial score (nSPS) is 19.6. The van der Waals surface area contributed by atoms with E-state index in [9.17, 15) is 9.59 Å². The smallest absolute Gasteiger partial charge is 0.250 e. The number of nitrogens with one attached hydrogen (secondary N) is 1. The van der Waals surface area contributed by atoms with Crippen LogP contribution in [0.4, 0.5) is 5.69 Å². The maximum absolute atomic E-state index is 12.4. The second kappa shape index (κ2) is 5.30. The minimum atomic E-state index is -0.480. The molecular weight excluding hydrogens is 244 g/mol. The molecule has 1 unspecified atom stereocenters. The molecule has 1 fully saturated rings. The number of carbonyl (C=O) groups is 2. The van der Waals surface area contributed by atoms with Crippen molar-refractivity contribution < 1.29 is 14.3 Å². The van der Waals surface area contributed by atoms with Crippen molar-refractivity contribution in [3.8, 4) is 5.75 Å². The summed E-state index contributed by atoms with van der Waals surface area (Å²) in [5.74, 6) is 0.394. The van der Waals surface area contributed by atoms with Gasteiger partial charge in [0.1, 0.15) is 18.3 Å². The average Bonchev–Trinajstić information content (AvgIpc) is 2.40. The largest absolute Gasteiger partial charge is 0.495 e. The van der Waals surface area contributed by atoms with Crippen molar-refractivity contribution in [3.05, 3.63) is 24.3 Å². The third kappa shape index (κ3) is 2.54. The van der Waals surface area contributed by atoms with Crippen LogP contribution in [0, 0.1) is 5.92 Å². The van der Waals surface area contributed by atoms with Crippen LogP contribution in [0.15, 0.2) is 24.3 Å². The van der Waals surface area contributed by atoms with Crippen LogP contribution in [0.1, 0.15) is 13.8 Å². The molecule has 0 bridgehead atoms. The number of rotatable bonds is 3. The van der Waals surface area contributed by atoms with Gasteiger partial charge < -0.3 is 10.1 Å². The summed E-state index contributed by atoms with van der Waals surface area (Å²) in [6, 6.07) is 6.73. The Hall–Kier alpha value is -2.04. The molecule has 102 valence electrons. The third-order valence-electron chi connectivity index (χ3n) is 3.19. The van der Waals surface area contributed by atoms with Crippen LogP contribution in [-0.2, 0) is 9.59 Å². The number of hydrogen-bond donors (Lipinski definition) is 1. The fourth-order valence-electron chi connectivity index (χ4n) is 2.18. The zero-order chi connectivity index (χ0) is 14.0. The van der Waals surface area contributed by atoms with Gasteiger partial charge in [0.25, 0.3) is 0 Å². The van der Waals surface area contributed by atoms with E-state index in [0.717, 1.165) is 0 Å². The molecule has 1 saturated heterocycles. The highest BCUT2D eigenvalue weighted by atomic mass is 16.5. The molecule has 1 aliphatic rings. The number of amides is 2. The van der Waals surface area contributed by atoms with Crippen molar-refractivity contribution in [1.29, 1.82) is 0 Å². The summed E-state index contributed by atoms with van der Waals surface area (Å²) in [6.45, 7) is 3.85. The van der Waals surface area contributed by atoms with Gasteiger partial charge in [0.15, 0.2) is 0 Å². The predicted octanol–water partition coefficient (Wildman–Crippen LogP) is 1.18. The molecule has 0 aliphatic carbocycles. The second-order valence-electron chi connectivity index (χ2n) is 4.89. The number of para-hydroxylation sites is 2. The molecule has 5 heteroatoms. The van der Waals surface area contributed by atoms with E-state index in [-0.39, 0.29) is 24.3 Å². The number of nitrogens with zero attached hydrogens (tertiary/aromatic N) is 1. The van der Waals surface area contributed by atoms with Gasteiger partial charge in [-0.3, -0.25) is 14.5 Å². The molecule has 1 aromatic carbocycles. The van der Waals surface area contributed by atoms with Crippen LogP contribution in [-0.4, -0.2) is 31.5 Å². The Morgan fingerprint density at radius 3 is 2.63 bits per heavy atom. The zero-order valence-corrected chi connectivity index (χ0v) is 11.3. The topological polar surface area (TPSA) is 58.6 Å². The quantitative estimate of drug-likeness (QED) is 0.890. The Morgan fingerprint density at radius 1 is 1.32 bits per heavy atom. The maximum Gasteiger partial charge on any atom is 0.250 e. The van der Waals surface area contributed by atoms with Crippen molar-refractivity contribution in [2.75, 3.05) is 18.6 Å². The third-order valence-corrected chi connectivity index (χ3v) is 3.19. The first-order chi connectivity index (χ1) is 9.04. The number of hydrogen-bond acceptors (Lipinski definition) is 3. The molecule has 19 heavy (non-hydrogen) atoms. The van der Waals surface area contributed by atoms with Gasteiger partial charge in [-0.15, -0.1) is 0 Å². The summed E-state index contributed by atoms with van der Waals surface area (Å²) in [5.41, 5.74) is 0.635. The Labute approximate surface area is 112 Å². The number of benzene rings is 1. The molecule has 0 radical (unpaired) electrons. The lowest BCUT2D eigenvalue weighted by atomic mass is 10.00. The minimum Gasteiger partial charge on any atom is -0.495 e. The number of anilines is 1. The summed E-state index contributed by atoms with van der Waals surface area (Å²) in [7, 11) is 1.55. The van der Waals surface area contributed by atoms with Crippen LogP contribution < -0.4 is 15.0 Å². The van der Waals surface area contributed by atoms with Crippen molar-refractivity contribution in [3.63, 3.8) is 0 Å². The number of carbonyl (C=O) groups excluding carboxylic acids is 2. The molecule has 1 aromatic rings. The molecule has 0 spiro atoms. The van der Waals surface area contributed by atoms with Gasteiger partial charge >= 0.3 is 0 Å². The highest BCUT2D eigenvalue weighted by Gasteiger charge is 2.36. The first-order valence-corrected chi connectivity index (χ1v) is 6.28. The molecular formula is C14H18N2O3. The Balaban J connectivity index is 2.37. The lowest BCUT2D eigenvalue weighted by Gasteiger charge is -2.34. The van der Waals surface area contributed by atoms with E-state index in [1.54, 1.807) is 19.2 Å². The van der Waals surface area contributed by atoms with Crippen molar-refractivity contribution in [2.45, 2.75) is 19.9 Å². The van der Waals surface area contributed by atoms with Gasteiger partial charge in [0.05, 0.1) is 12.8 Å². The Kier molecular flexibility index (Phi) is 3.74. The molecule has 1 aliphatic heterocycles. The van der Waals surface area contributed by atoms with Crippen LogP contribution >= 0.6 is 0 Å². The molecule has 2 rings (SSSR count). The van der Waals surface area contributed by atoms with Gasteiger partial charge in [-0.1, -0.05) is 26.0 Å². The summed E-state index contributed by atoms with van der Waals surface area (Å²) < 4.78 is 5.25. The van der Waals surface area contributed by atoms with E-state index >= 15 is 0 Å². The number of piperazine rings is 1. The van der Waals surface area contributed by atoms with Gasteiger partial charge in [-0.2, -0.15) is 0 Å². The zero-order valence-electron chi connectivity index (χ0n) is 11.3. The van der Waals surface area contributed by atoms with Crippen molar-refractivity contribution in [2.24, 2.45) is 5.92 Å². The molecule has 0 saturated carbocycles. The SMILES string of the molecule is COc1ccccc1N1CC(=O)NC(C(C)C)C1=O. The van der Waals surface area contributed by atoms with E-state index in [4.69, 9.17) is 4.74 Å². The van der Waals surface area contributed by atoms with Gasteiger partial charge in [-0.05, 0) is 18.1 Å². The summed E-state index contributed by atoms with van der Waals surface area (Å²) >= 11 is 0.